The van der Waals surface area contributed by atoms with Gasteiger partial charge in [-0.3, -0.25) is 14.8 Å². The van der Waals surface area contributed by atoms with Crippen molar-refractivity contribution in [3.05, 3.63) is 65.2 Å². The van der Waals surface area contributed by atoms with Crippen molar-refractivity contribution in [1.82, 2.24) is 19.9 Å². The van der Waals surface area contributed by atoms with Crippen LogP contribution in [0.2, 0.25) is 5.02 Å². The Morgan fingerprint density at radius 1 is 1.16 bits per heavy atom. The number of carbonyl (C=O) groups excluding carboxylic acids is 1. The maximum atomic E-state index is 13.1. The Bertz CT molecular complexity index is 936. The molecule has 7 nitrogen and oxygen atoms in total. The number of primary amides is 1. The van der Waals surface area contributed by atoms with Crippen LogP contribution in [0.3, 0.4) is 0 Å². The lowest BCUT2D eigenvalue weighted by Crippen LogP contribution is -2.13. The molecule has 0 bridgehead atoms. The van der Waals surface area contributed by atoms with Crippen LogP contribution in [0.5, 0.6) is 0 Å². The van der Waals surface area contributed by atoms with Gasteiger partial charge in [-0.25, -0.2) is 14.4 Å². The molecule has 0 aliphatic heterocycles. The zero-order chi connectivity index (χ0) is 17.8. The Hall–Kier alpha value is -3.13. The van der Waals surface area contributed by atoms with E-state index in [4.69, 9.17) is 17.3 Å². The maximum Gasteiger partial charge on any atom is 0.267 e. The summed E-state index contributed by atoms with van der Waals surface area (Å²) in [6, 6.07) is 2.82. The summed E-state index contributed by atoms with van der Waals surface area (Å²) in [6.45, 7) is 0.319. The molecule has 3 aromatic rings. The predicted octanol–water partition coefficient (Wildman–Crippen LogP) is 2.44. The second kappa shape index (κ2) is 7.18. The fraction of sp³-hybridized carbons (Fsp3) is 0.0625. The van der Waals surface area contributed by atoms with Gasteiger partial charge in [-0.05, 0) is 17.7 Å². The van der Waals surface area contributed by atoms with Crippen LogP contribution in [0.25, 0.3) is 11.3 Å². The summed E-state index contributed by atoms with van der Waals surface area (Å²) < 4.78 is 13.1. The molecule has 126 valence electrons. The van der Waals surface area contributed by atoms with E-state index in [0.29, 0.717) is 34.2 Å². The van der Waals surface area contributed by atoms with E-state index in [1.807, 2.05) is 0 Å². The van der Waals surface area contributed by atoms with Gasteiger partial charge in [0.05, 0.1) is 29.3 Å². The molecule has 9 heteroatoms. The van der Waals surface area contributed by atoms with Crippen LogP contribution in [0, 0.1) is 5.82 Å². The van der Waals surface area contributed by atoms with Crippen molar-refractivity contribution in [2.45, 2.75) is 6.54 Å². The molecule has 1 amide bonds. The van der Waals surface area contributed by atoms with Crippen molar-refractivity contribution in [2.24, 2.45) is 5.73 Å². The number of pyridine rings is 2. The Morgan fingerprint density at radius 3 is 2.72 bits per heavy atom. The van der Waals surface area contributed by atoms with Crippen LogP contribution < -0.4 is 11.1 Å². The summed E-state index contributed by atoms with van der Waals surface area (Å²) in [5, 5.41) is 3.34. The predicted molar refractivity (Wildman–Crippen MR) is 90.3 cm³/mol. The Morgan fingerprint density at radius 2 is 1.96 bits per heavy atom. The number of nitrogens with two attached hydrogens (primary N) is 1. The van der Waals surface area contributed by atoms with Crippen LogP contribution in [-0.4, -0.2) is 25.8 Å². The largest absolute Gasteiger partial charge is 0.365 e. The average Bonchev–Trinajstić information content (AvgIpc) is 2.60. The molecule has 0 saturated heterocycles. The summed E-state index contributed by atoms with van der Waals surface area (Å²) in [4.78, 5) is 27.4. The minimum absolute atomic E-state index is 0.0744. The van der Waals surface area contributed by atoms with Gasteiger partial charge in [-0.1, -0.05) is 11.6 Å². The van der Waals surface area contributed by atoms with Crippen LogP contribution >= 0.6 is 11.6 Å². The van der Waals surface area contributed by atoms with E-state index in [0.717, 1.165) is 6.20 Å². The maximum absolute atomic E-state index is 13.1. The third kappa shape index (κ3) is 4.04. The van der Waals surface area contributed by atoms with Crippen molar-refractivity contribution < 1.29 is 9.18 Å². The molecular weight excluding hydrogens is 347 g/mol. The lowest BCUT2D eigenvalue weighted by molar-refractivity contribution is 0.0995. The van der Waals surface area contributed by atoms with Gasteiger partial charge in [0.15, 0.2) is 0 Å². The van der Waals surface area contributed by atoms with Gasteiger partial charge >= 0.3 is 0 Å². The van der Waals surface area contributed by atoms with Gasteiger partial charge < -0.3 is 11.1 Å². The van der Waals surface area contributed by atoms with Gasteiger partial charge in [0.25, 0.3) is 5.91 Å². The molecule has 0 fully saturated rings. The molecule has 0 aliphatic rings. The molecule has 3 aromatic heterocycles. The monoisotopic (exact) mass is 358 g/mol. The molecule has 25 heavy (non-hydrogen) atoms. The molecule has 0 spiro atoms. The molecule has 0 radical (unpaired) electrons. The number of nitrogens with zero attached hydrogens (tertiary/aromatic N) is 4. The number of anilines is 1. The van der Waals surface area contributed by atoms with E-state index >= 15 is 0 Å². The van der Waals surface area contributed by atoms with E-state index in [1.54, 1.807) is 6.20 Å². The molecule has 3 heterocycles. The smallest absolute Gasteiger partial charge is 0.267 e. The Kier molecular flexibility index (Phi) is 4.80. The highest BCUT2D eigenvalue weighted by Gasteiger charge is 2.11. The first-order valence-corrected chi connectivity index (χ1v) is 7.52. The lowest BCUT2D eigenvalue weighted by atomic mass is 10.1. The summed E-state index contributed by atoms with van der Waals surface area (Å²) in [5.74, 6) is -0.629. The van der Waals surface area contributed by atoms with Crippen molar-refractivity contribution >= 4 is 23.3 Å². The van der Waals surface area contributed by atoms with Crippen molar-refractivity contribution in [3.8, 4) is 11.3 Å². The topological polar surface area (TPSA) is 107 Å². The van der Waals surface area contributed by atoms with E-state index in [2.05, 4.69) is 25.3 Å². The third-order valence-corrected chi connectivity index (χ3v) is 3.55. The van der Waals surface area contributed by atoms with Crippen molar-refractivity contribution in [3.63, 3.8) is 0 Å². The minimum atomic E-state index is -0.668. The fourth-order valence-electron chi connectivity index (χ4n) is 2.10. The molecule has 0 atom stereocenters. The highest BCUT2D eigenvalue weighted by Crippen LogP contribution is 2.26. The molecule has 0 aromatic carbocycles. The quantitative estimate of drug-likeness (QED) is 0.725. The van der Waals surface area contributed by atoms with Gasteiger partial charge in [0.2, 0.25) is 0 Å². The number of rotatable bonds is 5. The van der Waals surface area contributed by atoms with Gasteiger partial charge in [-0.2, -0.15) is 0 Å². The summed E-state index contributed by atoms with van der Waals surface area (Å²) >= 11 is 6.13. The number of hydrogen-bond donors (Lipinski definition) is 2. The number of aromatic nitrogens is 4. The van der Waals surface area contributed by atoms with Crippen LogP contribution in [0.1, 0.15) is 16.1 Å². The lowest BCUT2D eigenvalue weighted by Gasteiger charge is -2.08. The summed E-state index contributed by atoms with van der Waals surface area (Å²) in [6.07, 6.45) is 7.02. The van der Waals surface area contributed by atoms with E-state index in [-0.39, 0.29) is 5.69 Å². The molecule has 0 unspecified atom stereocenters. The number of carbonyl (C=O) groups is 1. The second-order valence-corrected chi connectivity index (χ2v) is 5.48. The zero-order valence-electron chi connectivity index (χ0n) is 12.8. The highest BCUT2D eigenvalue weighted by molar-refractivity contribution is 6.33. The Balaban J connectivity index is 1.84. The third-order valence-electron chi connectivity index (χ3n) is 3.25. The zero-order valence-corrected chi connectivity index (χ0v) is 13.5. The number of hydrogen-bond acceptors (Lipinski definition) is 6. The molecule has 3 rings (SSSR count). The van der Waals surface area contributed by atoms with E-state index in [1.165, 1.54) is 30.7 Å². The van der Waals surface area contributed by atoms with E-state index < -0.39 is 11.7 Å². The Labute approximate surface area is 147 Å². The minimum Gasteiger partial charge on any atom is -0.365 e. The van der Waals surface area contributed by atoms with Crippen LogP contribution in [-0.2, 0) is 6.54 Å². The van der Waals surface area contributed by atoms with Gasteiger partial charge in [0.1, 0.15) is 17.3 Å². The summed E-state index contributed by atoms with van der Waals surface area (Å²) in [7, 11) is 0. The fourth-order valence-corrected chi connectivity index (χ4v) is 2.30. The van der Waals surface area contributed by atoms with Crippen LogP contribution in [0.15, 0.2) is 43.1 Å². The number of halogens is 2. The first kappa shape index (κ1) is 16.7. The molecule has 0 aliphatic carbocycles. The first-order valence-electron chi connectivity index (χ1n) is 7.14. The molecule has 3 N–H and O–H groups in total. The summed E-state index contributed by atoms with van der Waals surface area (Å²) in [5.41, 5.74) is 6.89. The van der Waals surface area contributed by atoms with Crippen molar-refractivity contribution in [2.75, 3.05) is 5.32 Å². The number of amides is 1. The first-order chi connectivity index (χ1) is 12.0. The molecular formula is C16H12ClFN6O. The standard InChI is InChI=1S/C16H12ClFN6O/c17-12-6-22-13(16(19)25)2-11(12)14-7-21-8-15(24-14)23-4-9-1-10(18)5-20-3-9/h1-3,5-8H,4H2,(H2,19,25)(H,23,24). The average molecular weight is 359 g/mol. The van der Waals surface area contributed by atoms with Gasteiger partial charge in [-0.15, -0.1) is 0 Å². The highest BCUT2D eigenvalue weighted by atomic mass is 35.5. The van der Waals surface area contributed by atoms with Crippen molar-refractivity contribution in [1.29, 1.82) is 0 Å². The number of nitrogens with one attached hydrogen (secondary N) is 1. The molecule has 0 saturated carbocycles. The van der Waals surface area contributed by atoms with Crippen LogP contribution in [0.4, 0.5) is 10.2 Å². The van der Waals surface area contributed by atoms with Gasteiger partial charge in [0, 0.05) is 24.5 Å². The normalized spacial score (nSPS) is 10.5. The SMILES string of the molecule is NC(=O)c1cc(-c2cncc(NCc3cncc(F)c3)n2)c(Cl)cn1. The second-order valence-electron chi connectivity index (χ2n) is 5.07. The van der Waals surface area contributed by atoms with E-state index in [9.17, 15) is 9.18 Å².